The van der Waals surface area contributed by atoms with Gasteiger partial charge in [-0.3, -0.25) is 0 Å². The predicted molar refractivity (Wildman–Crippen MR) is 139 cm³/mol. The number of hydrogen-bond acceptors (Lipinski definition) is 2. The molecule has 0 N–H and O–H groups in total. The summed E-state index contributed by atoms with van der Waals surface area (Å²) < 4.78 is 2.52. The summed E-state index contributed by atoms with van der Waals surface area (Å²) in [5, 5.41) is 0. The van der Waals surface area contributed by atoms with Crippen LogP contribution < -0.4 is 4.90 Å². The lowest BCUT2D eigenvalue weighted by Crippen LogP contribution is -2.25. The highest BCUT2D eigenvalue weighted by molar-refractivity contribution is 6.17. The zero-order valence-corrected chi connectivity index (χ0v) is 20.4. The Morgan fingerprint density at radius 3 is 1.68 bits per heavy atom. The Labute approximate surface area is 191 Å². The molecule has 0 unspecified atom stereocenters. The molecule has 3 nitrogen and oxygen atoms in total. The maximum atomic E-state index is 4.85. The van der Waals surface area contributed by atoms with E-state index in [2.05, 4.69) is 85.7 Å². The molecule has 0 amide bonds. The van der Waals surface area contributed by atoms with Crippen molar-refractivity contribution in [2.24, 2.45) is 4.99 Å². The van der Waals surface area contributed by atoms with Gasteiger partial charge in [0.1, 0.15) is 13.1 Å². The van der Waals surface area contributed by atoms with Crippen molar-refractivity contribution in [3.05, 3.63) is 48.6 Å². The highest BCUT2D eigenvalue weighted by atomic mass is 15.1. The summed E-state index contributed by atoms with van der Waals surface area (Å²) in [7, 11) is 0. The quantitative estimate of drug-likeness (QED) is 0.226. The number of rotatable bonds is 14. The van der Waals surface area contributed by atoms with E-state index >= 15 is 0 Å². The smallest absolute Gasteiger partial charge is 0.200 e. The number of anilines is 1. The van der Waals surface area contributed by atoms with Crippen LogP contribution in [0.4, 0.5) is 11.4 Å². The summed E-state index contributed by atoms with van der Waals surface area (Å²) in [5.74, 6) is 0. The van der Waals surface area contributed by atoms with Crippen LogP contribution in [0.3, 0.4) is 0 Å². The first-order valence-electron chi connectivity index (χ1n) is 12.6. The molecule has 1 aliphatic rings. The lowest BCUT2D eigenvalue weighted by atomic mass is 10.1. The van der Waals surface area contributed by atoms with Gasteiger partial charge in [0.15, 0.2) is 5.71 Å². The van der Waals surface area contributed by atoms with Crippen LogP contribution in [0.1, 0.15) is 79.1 Å². The van der Waals surface area contributed by atoms with E-state index < -0.39 is 0 Å². The van der Waals surface area contributed by atoms with Gasteiger partial charge in [0, 0.05) is 43.8 Å². The number of unbranched alkanes of at least 4 members (excludes halogenated alkanes) is 4. The Hall–Kier alpha value is -2.16. The third-order valence-electron chi connectivity index (χ3n) is 5.81. The van der Waals surface area contributed by atoms with E-state index in [9.17, 15) is 0 Å². The number of benzene rings is 1. The van der Waals surface area contributed by atoms with Crippen LogP contribution in [0.15, 0.2) is 53.6 Å². The number of allylic oxidation sites excluding steroid dienone is 4. The average molecular weight is 423 g/mol. The first kappa shape index (κ1) is 25.1. The minimum Gasteiger partial charge on any atom is -0.372 e. The van der Waals surface area contributed by atoms with Crippen molar-refractivity contribution in [2.75, 3.05) is 31.1 Å². The summed E-state index contributed by atoms with van der Waals surface area (Å²) >= 11 is 0. The fraction of sp³-hybridized carbons (Fsp3) is 0.571. The second-order valence-corrected chi connectivity index (χ2v) is 8.53. The van der Waals surface area contributed by atoms with E-state index in [1.54, 1.807) is 0 Å². The summed E-state index contributed by atoms with van der Waals surface area (Å²) in [6, 6.07) is 8.78. The summed E-state index contributed by atoms with van der Waals surface area (Å²) in [4.78, 5) is 7.37. The van der Waals surface area contributed by atoms with Crippen molar-refractivity contribution in [1.29, 1.82) is 0 Å². The lowest BCUT2D eigenvalue weighted by molar-refractivity contribution is -0.527. The van der Waals surface area contributed by atoms with Crippen molar-refractivity contribution in [3.8, 4) is 0 Å². The number of hydrogen-bond donors (Lipinski definition) is 0. The average Bonchev–Trinajstić information content (AvgIpc) is 2.81. The van der Waals surface area contributed by atoms with Crippen LogP contribution in [0, 0.1) is 0 Å². The summed E-state index contributed by atoms with van der Waals surface area (Å²) in [5.41, 5.74) is 4.69. The monoisotopic (exact) mass is 422 g/mol. The Balaban J connectivity index is 2.08. The van der Waals surface area contributed by atoms with E-state index in [4.69, 9.17) is 4.99 Å². The predicted octanol–water partition coefficient (Wildman–Crippen LogP) is 7.35. The van der Waals surface area contributed by atoms with Gasteiger partial charge >= 0.3 is 0 Å². The SMILES string of the molecule is CCCCN(CCCC)c1ccc(N=C2C=CC(=[N+](CCCC)CCCC)C=C2)cc1. The zero-order chi connectivity index (χ0) is 22.3. The fourth-order valence-corrected chi connectivity index (χ4v) is 3.76. The Kier molecular flexibility index (Phi) is 12.0. The maximum Gasteiger partial charge on any atom is 0.200 e. The molecule has 0 heterocycles. The Morgan fingerprint density at radius 2 is 1.19 bits per heavy atom. The molecule has 0 aliphatic heterocycles. The first-order chi connectivity index (χ1) is 15.2. The molecule has 0 saturated heterocycles. The maximum absolute atomic E-state index is 4.85. The Morgan fingerprint density at radius 1 is 0.677 bits per heavy atom. The third kappa shape index (κ3) is 8.85. The van der Waals surface area contributed by atoms with Crippen molar-refractivity contribution >= 4 is 22.8 Å². The summed E-state index contributed by atoms with van der Waals surface area (Å²) in [6.45, 7) is 13.6. The second-order valence-electron chi connectivity index (χ2n) is 8.53. The van der Waals surface area contributed by atoms with E-state index in [0.717, 1.165) is 37.6 Å². The normalized spacial score (nSPS) is 13.0. The van der Waals surface area contributed by atoms with E-state index in [-0.39, 0.29) is 0 Å². The van der Waals surface area contributed by atoms with Gasteiger partial charge in [-0.15, -0.1) is 0 Å². The zero-order valence-electron chi connectivity index (χ0n) is 20.4. The van der Waals surface area contributed by atoms with Crippen molar-refractivity contribution in [2.45, 2.75) is 79.1 Å². The van der Waals surface area contributed by atoms with Gasteiger partial charge in [-0.25, -0.2) is 9.57 Å². The van der Waals surface area contributed by atoms with Crippen LogP contribution in [0.25, 0.3) is 0 Å². The molecule has 3 heteroatoms. The molecule has 0 fully saturated rings. The molecule has 2 rings (SSSR count). The molecule has 0 atom stereocenters. The van der Waals surface area contributed by atoms with Gasteiger partial charge in [-0.1, -0.05) is 53.4 Å². The molecular formula is C28H44N3+. The molecule has 31 heavy (non-hydrogen) atoms. The van der Waals surface area contributed by atoms with Gasteiger partial charge in [-0.2, -0.15) is 0 Å². The van der Waals surface area contributed by atoms with Crippen LogP contribution in [-0.2, 0) is 0 Å². The molecule has 0 saturated carbocycles. The van der Waals surface area contributed by atoms with Crippen LogP contribution in [0.5, 0.6) is 0 Å². The van der Waals surface area contributed by atoms with E-state index in [1.807, 2.05) is 0 Å². The van der Waals surface area contributed by atoms with Crippen LogP contribution in [0.2, 0.25) is 0 Å². The second kappa shape index (κ2) is 14.8. The molecule has 1 aromatic rings. The number of aliphatic imine (C=N–C) groups is 1. The molecule has 0 bridgehead atoms. The third-order valence-corrected chi connectivity index (χ3v) is 5.81. The van der Waals surface area contributed by atoms with Gasteiger partial charge < -0.3 is 4.90 Å². The van der Waals surface area contributed by atoms with Crippen molar-refractivity contribution < 1.29 is 4.58 Å². The van der Waals surface area contributed by atoms with Crippen molar-refractivity contribution in [3.63, 3.8) is 0 Å². The van der Waals surface area contributed by atoms with Gasteiger partial charge in [-0.05, 0) is 49.3 Å². The first-order valence-corrected chi connectivity index (χ1v) is 12.6. The van der Waals surface area contributed by atoms with E-state index in [1.165, 1.54) is 62.8 Å². The van der Waals surface area contributed by atoms with Gasteiger partial charge in [0.25, 0.3) is 0 Å². The molecule has 0 aromatic heterocycles. The highest BCUT2D eigenvalue weighted by Gasteiger charge is 2.12. The van der Waals surface area contributed by atoms with E-state index in [0.29, 0.717) is 0 Å². The largest absolute Gasteiger partial charge is 0.372 e. The standard InChI is InChI=1S/C28H44N3/c1-5-9-21-30(22-10-6-2)27-17-13-25(14-18-27)29-26-15-19-28(20-16-26)31(23-11-7-3)24-12-8-4/h13-20H,5-12,21-24H2,1-4H3/q+1. The van der Waals surface area contributed by atoms with Gasteiger partial charge in [0.05, 0.1) is 11.4 Å². The molecule has 1 aromatic carbocycles. The topological polar surface area (TPSA) is 18.6 Å². The highest BCUT2D eigenvalue weighted by Crippen LogP contribution is 2.21. The minimum atomic E-state index is 1.02. The molecule has 1 aliphatic carbocycles. The van der Waals surface area contributed by atoms with Crippen LogP contribution >= 0.6 is 0 Å². The molecular weight excluding hydrogens is 378 g/mol. The Bertz CT molecular complexity index is 717. The van der Waals surface area contributed by atoms with Gasteiger partial charge in [0.2, 0.25) is 0 Å². The number of nitrogens with zero attached hydrogens (tertiary/aromatic N) is 3. The molecule has 0 spiro atoms. The summed E-state index contributed by atoms with van der Waals surface area (Å²) in [6.07, 6.45) is 18.7. The molecule has 170 valence electrons. The lowest BCUT2D eigenvalue weighted by Gasteiger charge is -2.24. The molecule has 0 radical (unpaired) electrons. The fourth-order valence-electron chi connectivity index (χ4n) is 3.76. The minimum absolute atomic E-state index is 1.02. The van der Waals surface area contributed by atoms with Crippen LogP contribution in [-0.4, -0.2) is 42.2 Å². The van der Waals surface area contributed by atoms with Crippen molar-refractivity contribution in [1.82, 2.24) is 0 Å².